The van der Waals surface area contributed by atoms with Crippen LogP contribution in [0.15, 0.2) is 42.0 Å². The minimum atomic E-state index is -2.90. The number of benzene rings is 1. The summed E-state index contributed by atoms with van der Waals surface area (Å²) in [7, 11) is 0. The first-order valence-electron chi connectivity index (χ1n) is 7.48. The molecule has 1 aromatic rings. The van der Waals surface area contributed by atoms with Gasteiger partial charge in [0.2, 0.25) is 0 Å². The van der Waals surface area contributed by atoms with Gasteiger partial charge in [0.05, 0.1) is 0 Å². The average molecular weight is 290 g/mol. The molecule has 2 heteroatoms. The largest absolute Gasteiger partial charge is 0.308 e. The van der Waals surface area contributed by atoms with Crippen molar-refractivity contribution in [2.24, 2.45) is 5.92 Å². The molecular weight excluding hydrogens is 266 g/mol. The topological polar surface area (TPSA) is 0 Å². The fraction of sp³-hybridized carbons (Fsp3) is 0.474. The van der Waals surface area contributed by atoms with E-state index in [2.05, 4.69) is 31.8 Å². The lowest BCUT2D eigenvalue weighted by molar-refractivity contribution is 0.0496. The van der Waals surface area contributed by atoms with Crippen molar-refractivity contribution in [3.63, 3.8) is 0 Å². The second-order valence-electron chi connectivity index (χ2n) is 5.82. The van der Waals surface area contributed by atoms with Crippen LogP contribution in [0.25, 0.3) is 0 Å². The molecule has 0 aromatic heterocycles. The zero-order valence-electron chi connectivity index (χ0n) is 13.1. The van der Waals surface area contributed by atoms with E-state index in [1.54, 1.807) is 24.3 Å². The normalized spacial score (nSPS) is 12.2. The summed E-state index contributed by atoms with van der Waals surface area (Å²) in [6.07, 6.45) is 4.41. The van der Waals surface area contributed by atoms with Crippen molar-refractivity contribution < 1.29 is 8.78 Å². The van der Waals surface area contributed by atoms with Crippen molar-refractivity contribution in [3.05, 3.63) is 47.5 Å². The molecule has 0 aliphatic carbocycles. The Hall–Kier alpha value is -1.62. The van der Waals surface area contributed by atoms with Gasteiger partial charge in [-0.3, -0.25) is 0 Å². The molecule has 0 saturated carbocycles. The quantitative estimate of drug-likeness (QED) is 0.456. The molecule has 0 fully saturated rings. The lowest BCUT2D eigenvalue weighted by Gasteiger charge is -2.13. The van der Waals surface area contributed by atoms with E-state index in [9.17, 15) is 8.78 Å². The van der Waals surface area contributed by atoms with Crippen molar-refractivity contribution in [2.75, 3.05) is 0 Å². The second-order valence-corrected chi connectivity index (χ2v) is 5.82. The van der Waals surface area contributed by atoms with Gasteiger partial charge in [-0.05, 0) is 57.1 Å². The minimum absolute atomic E-state index is 0.164. The van der Waals surface area contributed by atoms with Gasteiger partial charge in [-0.1, -0.05) is 42.7 Å². The molecule has 0 N–H and O–H groups in total. The first-order chi connectivity index (χ1) is 9.89. The third-order valence-corrected chi connectivity index (χ3v) is 3.33. The van der Waals surface area contributed by atoms with E-state index in [0.29, 0.717) is 17.9 Å². The highest BCUT2D eigenvalue weighted by Gasteiger charge is 2.26. The Morgan fingerprint density at radius 2 is 1.86 bits per heavy atom. The van der Waals surface area contributed by atoms with Crippen molar-refractivity contribution in [3.8, 4) is 11.8 Å². The summed E-state index contributed by atoms with van der Waals surface area (Å²) in [5.41, 5.74) is 1.91. The van der Waals surface area contributed by atoms with Gasteiger partial charge in [-0.15, -0.1) is 0 Å². The molecule has 0 aliphatic heterocycles. The van der Waals surface area contributed by atoms with Crippen LogP contribution in [0.5, 0.6) is 0 Å². The Morgan fingerprint density at radius 3 is 2.48 bits per heavy atom. The summed E-state index contributed by atoms with van der Waals surface area (Å²) in [6.45, 7) is 6.13. The van der Waals surface area contributed by atoms with Crippen LogP contribution in [0.2, 0.25) is 0 Å². The summed E-state index contributed by atoms with van der Waals surface area (Å²) in [5.74, 6) is 2.06. The van der Waals surface area contributed by atoms with Crippen LogP contribution in [-0.2, 0) is 0 Å². The van der Waals surface area contributed by atoms with E-state index in [0.717, 1.165) is 12.8 Å². The molecule has 114 valence electrons. The van der Waals surface area contributed by atoms with Crippen LogP contribution in [0.1, 0.15) is 52.0 Å². The minimum Gasteiger partial charge on any atom is -0.192 e. The monoisotopic (exact) mass is 290 g/mol. The molecule has 0 aliphatic rings. The smallest absolute Gasteiger partial charge is 0.192 e. The third kappa shape index (κ3) is 8.30. The molecule has 0 unspecified atom stereocenters. The first-order valence-corrected chi connectivity index (χ1v) is 7.48. The van der Waals surface area contributed by atoms with E-state index >= 15 is 0 Å². The third-order valence-electron chi connectivity index (χ3n) is 3.33. The van der Waals surface area contributed by atoms with Crippen LogP contribution >= 0.6 is 0 Å². The van der Waals surface area contributed by atoms with E-state index in [-0.39, 0.29) is 6.42 Å². The Bertz CT molecular complexity index is 499. The predicted octanol–water partition coefficient (Wildman–Crippen LogP) is 5.84. The van der Waals surface area contributed by atoms with Crippen LogP contribution in [-0.4, -0.2) is 5.92 Å². The molecule has 1 atom stereocenters. The highest BCUT2D eigenvalue weighted by Crippen LogP contribution is 2.24. The predicted molar refractivity (Wildman–Crippen MR) is 85.3 cm³/mol. The number of halogens is 2. The maximum atomic E-state index is 13.7. The van der Waals surface area contributed by atoms with E-state index in [1.807, 2.05) is 13.0 Å². The molecule has 0 bridgehead atoms. The van der Waals surface area contributed by atoms with Crippen LogP contribution in [0.3, 0.4) is 0 Å². The van der Waals surface area contributed by atoms with Gasteiger partial charge in [0.25, 0.3) is 0 Å². The molecule has 21 heavy (non-hydrogen) atoms. The molecular formula is C19H24F2. The van der Waals surface area contributed by atoms with Crippen LogP contribution < -0.4 is 0 Å². The Morgan fingerprint density at radius 1 is 1.19 bits per heavy atom. The van der Waals surface area contributed by atoms with Crippen molar-refractivity contribution in [1.82, 2.24) is 0 Å². The molecule has 0 saturated heterocycles. The fourth-order valence-corrected chi connectivity index (χ4v) is 1.98. The van der Waals surface area contributed by atoms with E-state index in [1.165, 1.54) is 5.57 Å². The second kappa shape index (κ2) is 8.62. The van der Waals surface area contributed by atoms with E-state index in [4.69, 9.17) is 0 Å². The highest BCUT2D eigenvalue weighted by molar-refractivity contribution is 5.35. The first kappa shape index (κ1) is 17.4. The standard InChI is InChI=1S/C19H24F2/c1-16(2)8-7-9-17(3)12-14-19(20,21)15-13-18-10-5-4-6-11-18/h4-6,8,10-11,17H,7,9,12,14H2,1-3H3/t17-/m1/s1. The Balaban J connectivity index is 2.42. The summed E-state index contributed by atoms with van der Waals surface area (Å²) >= 11 is 0. The van der Waals surface area contributed by atoms with Gasteiger partial charge in [-0.25, -0.2) is 0 Å². The zero-order chi connectivity index (χ0) is 15.7. The molecule has 0 amide bonds. The molecule has 1 aromatic carbocycles. The molecule has 0 heterocycles. The average Bonchev–Trinajstić information content (AvgIpc) is 2.44. The SMILES string of the molecule is CC(C)=CCC[C@@H](C)CCC(F)(F)C#Cc1ccccc1. The lowest BCUT2D eigenvalue weighted by atomic mass is 9.97. The van der Waals surface area contributed by atoms with Crippen molar-refractivity contribution in [2.45, 2.75) is 52.4 Å². The maximum Gasteiger partial charge on any atom is 0.308 e. The van der Waals surface area contributed by atoms with Gasteiger partial charge in [0, 0.05) is 12.0 Å². The highest BCUT2D eigenvalue weighted by atomic mass is 19.3. The van der Waals surface area contributed by atoms with Gasteiger partial charge >= 0.3 is 5.92 Å². The van der Waals surface area contributed by atoms with Crippen LogP contribution in [0.4, 0.5) is 8.78 Å². The zero-order valence-corrected chi connectivity index (χ0v) is 13.1. The Labute approximate surface area is 127 Å². The Kier molecular flexibility index (Phi) is 7.15. The van der Waals surface area contributed by atoms with Gasteiger partial charge in [0.1, 0.15) is 0 Å². The van der Waals surface area contributed by atoms with E-state index < -0.39 is 5.92 Å². The molecule has 1 rings (SSSR count). The van der Waals surface area contributed by atoms with Gasteiger partial charge in [0.15, 0.2) is 0 Å². The van der Waals surface area contributed by atoms with Gasteiger partial charge < -0.3 is 0 Å². The number of rotatable bonds is 6. The summed E-state index contributed by atoms with van der Waals surface area (Å²) < 4.78 is 27.5. The van der Waals surface area contributed by atoms with Gasteiger partial charge in [-0.2, -0.15) is 8.78 Å². The number of hydrogen-bond acceptors (Lipinski definition) is 0. The fourth-order valence-electron chi connectivity index (χ4n) is 1.98. The van der Waals surface area contributed by atoms with Crippen molar-refractivity contribution >= 4 is 0 Å². The van der Waals surface area contributed by atoms with Crippen molar-refractivity contribution in [1.29, 1.82) is 0 Å². The number of allylic oxidation sites excluding steroid dienone is 2. The summed E-state index contributed by atoms with van der Waals surface area (Å²) in [6, 6.07) is 8.93. The summed E-state index contributed by atoms with van der Waals surface area (Å²) in [5, 5.41) is 0. The summed E-state index contributed by atoms with van der Waals surface area (Å²) in [4.78, 5) is 0. The number of hydrogen-bond donors (Lipinski definition) is 0. The molecule has 0 radical (unpaired) electrons. The lowest BCUT2D eigenvalue weighted by Crippen LogP contribution is -2.14. The molecule has 0 spiro atoms. The molecule has 0 nitrogen and oxygen atoms in total. The number of alkyl halides is 2. The van der Waals surface area contributed by atoms with Crippen LogP contribution in [0, 0.1) is 17.8 Å². The maximum absolute atomic E-state index is 13.7.